The Bertz CT molecular complexity index is 816. The Kier molecular flexibility index (Phi) is 5.85. The molecule has 24 heavy (non-hydrogen) atoms. The Labute approximate surface area is 143 Å². The van der Waals surface area contributed by atoms with E-state index < -0.39 is 10.0 Å². The first kappa shape index (κ1) is 18.3. The lowest BCUT2D eigenvalue weighted by Gasteiger charge is -2.11. The fourth-order valence-corrected chi connectivity index (χ4v) is 3.45. The van der Waals surface area contributed by atoms with Gasteiger partial charge in [-0.25, -0.2) is 13.1 Å². The van der Waals surface area contributed by atoms with Crippen LogP contribution in [0, 0.1) is 13.8 Å². The topological polar surface area (TPSA) is 64.6 Å². The normalized spacial score (nSPS) is 11.3. The lowest BCUT2D eigenvalue weighted by atomic mass is 10.1. The van der Waals surface area contributed by atoms with Gasteiger partial charge in [-0.1, -0.05) is 12.1 Å². The molecule has 0 bridgehead atoms. The van der Waals surface area contributed by atoms with Gasteiger partial charge in [0.15, 0.2) is 11.5 Å². The SMILES string of the molecule is COc1ccc(CCNS(=O)(=O)c2ccc(C)c(C)c2)cc1OC. The summed E-state index contributed by atoms with van der Waals surface area (Å²) in [6.45, 7) is 4.17. The number of methoxy groups -OCH3 is 2. The molecule has 0 aromatic heterocycles. The summed E-state index contributed by atoms with van der Waals surface area (Å²) in [6.07, 6.45) is 0.560. The Balaban J connectivity index is 2.04. The van der Waals surface area contributed by atoms with Crippen LogP contribution >= 0.6 is 0 Å². The molecule has 0 saturated carbocycles. The van der Waals surface area contributed by atoms with Crippen LogP contribution < -0.4 is 14.2 Å². The first-order valence-corrected chi connectivity index (χ1v) is 9.13. The zero-order chi connectivity index (χ0) is 17.7. The van der Waals surface area contributed by atoms with E-state index in [0.717, 1.165) is 16.7 Å². The molecule has 6 heteroatoms. The van der Waals surface area contributed by atoms with Gasteiger partial charge in [-0.15, -0.1) is 0 Å². The molecule has 0 aliphatic carbocycles. The molecule has 2 aromatic carbocycles. The highest BCUT2D eigenvalue weighted by Crippen LogP contribution is 2.27. The van der Waals surface area contributed by atoms with Gasteiger partial charge in [-0.2, -0.15) is 0 Å². The molecule has 0 amide bonds. The molecular weight excluding hydrogens is 326 g/mol. The quantitative estimate of drug-likeness (QED) is 0.835. The number of aryl methyl sites for hydroxylation is 2. The van der Waals surface area contributed by atoms with E-state index in [9.17, 15) is 8.42 Å². The Morgan fingerprint density at radius 2 is 1.62 bits per heavy atom. The molecule has 0 radical (unpaired) electrons. The average molecular weight is 349 g/mol. The Hall–Kier alpha value is -2.05. The largest absolute Gasteiger partial charge is 0.493 e. The van der Waals surface area contributed by atoms with E-state index in [1.54, 1.807) is 26.4 Å². The lowest BCUT2D eigenvalue weighted by molar-refractivity contribution is 0.354. The van der Waals surface area contributed by atoms with E-state index in [1.807, 2.05) is 38.1 Å². The first-order chi connectivity index (χ1) is 11.4. The van der Waals surface area contributed by atoms with Crippen molar-refractivity contribution in [2.45, 2.75) is 25.2 Å². The summed E-state index contributed by atoms with van der Waals surface area (Å²) >= 11 is 0. The molecule has 5 nitrogen and oxygen atoms in total. The molecule has 130 valence electrons. The maximum atomic E-state index is 12.4. The molecule has 2 aromatic rings. The van der Waals surface area contributed by atoms with Crippen LogP contribution in [0.1, 0.15) is 16.7 Å². The van der Waals surface area contributed by atoms with Crippen molar-refractivity contribution in [2.75, 3.05) is 20.8 Å². The van der Waals surface area contributed by atoms with Crippen LogP contribution in [0.15, 0.2) is 41.3 Å². The second-order valence-electron chi connectivity index (χ2n) is 5.58. The maximum absolute atomic E-state index is 12.4. The van der Waals surface area contributed by atoms with Crippen molar-refractivity contribution in [1.82, 2.24) is 4.72 Å². The second kappa shape index (κ2) is 7.68. The van der Waals surface area contributed by atoms with Crippen LogP contribution in [0.3, 0.4) is 0 Å². The van der Waals surface area contributed by atoms with Gasteiger partial charge in [0.25, 0.3) is 0 Å². The number of benzene rings is 2. The monoisotopic (exact) mass is 349 g/mol. The Morgan fingerprint density at radius 3 is 2.25 bits per heavy atom. The molecular formula is C18H23NO4S. The minimum absolute atomic E-state index is 0.290. The van der Waals surface area contributed by atoms with E-state index in [4.69, 9.17) is 9.47 Å². The van der Waals surface area contributed by atoms with Crippen LogP contribution in [0.2, 0.25) is 0 Å². The predicted molar refractivity (Wildman–Crippen MR) is 94.4 cm³/mol. The molecule has 1 N–H and O–H groups in total. The molecule has 0 spiro atoms. The number of nitrogens with one attached hydrogen (secondary N) is 1. The fourth-order valence-electron chi connectivity index (χ4n) is 2.33. The second-order valence-corrected chi connectivity index (χ2v) is 7.35. The molecule has 0 saturated heterocycles. The van der Waals surface area contributed by atoms with Gasteiger partial charge >= 0.3 is 0 Å². The highest BCUT2D eigenvalue weighted by molar-refractivity contribution is 7.89. The van der Waals surface area contributed by atoms with Crippen molar-refractivity contribution in [2.24, 2.45) is 0 Å². The molecule has 0 aliphatic heterocycles. The first-order valence-electron chi connectivity index (χ1n) is 7.65. The van der Waals surface area contributed by atoms with Crippen molar-refractivity contribution in [3.63, 3.8) is 0 Å². The smallest absolute Gasteiger partial charge is 0.240 e. The van der Waals surface area contributed by atoms with E-state index in [0.29, 0.717) is 24.5 Å². The van der Waals surface area contributed by atoms with E-state index in [2.05, 4.69) is 4.72 Å². The molecule has 0 atom stereocenters. The third kappa shape index (κ3) is 4.27. The summed E-state index contributed by atoms with van der Waals surface area (Å²) in [5.74, 6) is 1.28. The van der Waals surface area contributed by atoms with Gasteiger partial charge in [-0.3, -0.25) is 0 Å². The zero-order valence-electron chi connectivity index (χ0n) is 14.4. The standard InChI is InChI=1S/C18H23NO4S/c1-13-5-7-16(11-14(13)2)24(20,21)19-10-9-15-6-8-17(22-3)18(12-15)23-4/h5-8,11-12,19H,9-10H2,1-4H3. The molecule has 0 aliphatic rings. The number of rotatable bonds is 7. The summed E-state index contributed by atoms with van der Waals surface area (Å²) in [7, 11) is -0.352. The number of hydrogen-bond acceptors (Lipinski definition) is 4. The summed E-state index contributed by atoms with van der Waals surface area (Å²) < 4.78 is 37.8. The highest BCUT2D eigenvalue weighted by Gasteiger charge is 2.14. The van der Waals surface area contributed by atoms with Crippen molar-refractivity contribution < 1.29 is 17.9 Å². The van der Waals surface area contributed by atoms with Gasteiger partial charge in [-0.05, 0) is 61.2 Å². The summed E-state index contributed by atoms with van der Waals surface area (Å²) in [5.41, 5.74) is 2.99. The van der Waals surface area contributed by atoms with E-state index >= 15 is 0 Å². The van der Waals surface area contributed by atoms with Crippen LogP contribution in [0.4, 0.5) is 0 Å². The molecule has 2 rings (SSSR count). The van der Waals surface area contributed by atoms with Gasteiger partial charge in [0.2, 0.25) is 10.0 Å². The third-order valence-electron chi connectivity index (χ3n) is 3.94. The Morgan fingerprint density at radius 1 is 0.917 bits per heavy atom. The van der Waals surface area contributed by atoms with Crippen LogP contribution in [-0.4, -0.2) is 29.2 Å². The van der Waals surface area contributed by atoms with Crippen molar-refractivity contribution in [3.8, 4) is 11.5 Å². The average Bonchev–Trinajstić information content (AvgIpc) is 2.56. The van der Waals surface area contributed by atoms with Gasteiger partial charge in [0, 0.05) is 6.54 Å². The van der Waals surface area contributed by atoms with Gasteiger partial charge < -0.3 is 9.47 Å². The zero-order valence-corrected chi connectivity index (χ0v) is 15.2. The van der Waals surface area contributed by atoms with Crippen molar-refractivity contribution in [1.29, 1.82) is 0 Å². The van der Waals surface area contributed by atoms with E-state index in [-0.39, 0.29) is 4.90 Å². The van der Waals surface area contributed by atoms with E-state index in [1.165, 1.54) is 0 Å². The number of ether oxygens (including phenoxy) is 2. The predicted octanol–water partition coefficient (Wildman–Crippen LogP) is 2.84. The lowest BCUT2D eigenvalue weighted by Crippen LogP contribution is -2.26. The highest BCUT2D eigenvalue weighted by atomic mass is 32.2. The van der Waals surface area contributed by atoms with Gasteiger partial charge in [0.1, 0.15) is 0 Å². The van der Waals surface area contributed by atoms with Crippen LogP contribution in [-0.2, 0) is 16.4 Å². The van der Waals surface area contributed by atoms with Gasteiger partial charge in [0.05, 0.1) is 19.1 Å². The summed E-state index contributed by atoms with van der Waals surface area (Å²) in [5, 5.41) is 0. The summed E-state index contributed by atoms with van der Waals surface area (Å²) in [6, 6.07) is 10.7. The maximum Gasteiger partial charge on any atom is 0.240 e. The minimum Gasteiger partial charge on any atom is -0.493 e. The summed E-state index contributed by atoms with van der Waals surface area (Å²) in [4.78, 5) is 0.290. The molecule has 0 unspecified atom stereocenters. The number of hydrogen-bond donors (Lipinski definition) is 1. The molecule has 0 fully saturated rings. The van der Waals surface area contributed by atoms with Crippen LogP contribution in [0.25, 0.3) is 0 Å². The number of sulfonamides is 1. The minimum atomic E-state index is -3.50. The van der Waals surface area contributed by atoms with Crippen molar-refractivity contribution in [3.05, 3.63) is 53.1 Å². The van der Waals surface area contributed by atoms with Crippen LogP contribution in [0.5, 0.6) is 11.5 Å². The van der Waals surface area contributed by atoms with Crippen molar-refractivity contribution >= 4 is 10.0 Å². The molecule has 0 heterocycles. The third-order valence-corrected chi connectivity index (χ3v) is 5.40. The fraction of sp³-hybridized carbons (Fsp3) is 0.333.